The summed E-state index contributed by atoms with van der Waals surface area (Å²) in [6.07, 6.45) is 3.23. The Labute approximate surface area is 142 Å². The molecule has 0 saturated carbocycles. The zero-order valence-electron chi connectivity index (χ0n) is 12.9. The third-order valence-corrected chi connectivity index (χ3v) is 3.79. The van der Waals surface area contributed by atoms with Gasteiger partial charge < -0.3 is 14.8 Å². The predicted molar refractivity (Wildman–Crippen MR) is 90.3 cm³/mol. The Kier molecular flexibility index (Phi) is 5.44. The highest BCUT2D eigenvalue weighted by molar-refractivity contribution is 9.10. The minimum atomic E-state index is -0.451. The van der Waals surface area contributed by atoms with Crippen LogP contribution in [0.4, 0.5) is 4.79 Å². The molecule has 0 atom stereocenters. The molecule has 3 amide bonds. The van der Waals surface area contributed by atoms with Crippen molar-refractivity contribution in [3.05, 3.63) is 40.5 Å². The van der Waals surface area contributed by atoms with Gasteiger partial charge in [-0.05, 0) is 30.7 Å². The van der Waals surface area contributed by atoms with E-state index < -0.39 is 6.03 Å². The first kappa shape index (κ1) is 17.1. The zero-order valence-corrected chi connectivity index (χ0v) is 14.5. The topological polar surface area (TPSA) is 67.9 Å². The van der Waals surface area contributed by atoms with Crippen LogP contribution in [0.5, 0.6) is 11.5 Å². The van der Waals surface area contributed by atoms with Crippen LogP contribution >= 0.6 is 15.9 Å². The van der Waals surface area contributed by atoms with Crippen LogP contribution in [0, 0.1) is 0 Å². The predicted octanol–water partition coefficient (Wildman–Crippen LogP) is 2.94. The van der Waals surface area contributed by atoms with Gasteiger partial charge in [-0.2, -0.15) is 0 Å². The number of hydrogen-bond acceptors (Lipinski definition) is 4. The fraction of sp³-hybridized carbons (Fsp3) is 0.250. The molecule has 1 aliphatic heterocycles. The molecule has 1 aromatic rings. The molecule has 0 unspecified atom stereocenters. The highest BCUT2D eigenvalue weighted by Gasteiger charge is 2.30. The zero-order chi connectivity index (χ0) is 17.0. The summed E-state index contributed by atoms with van der Waals surface area (Å²) in [7, 11) is 1.42. The van der Waals surface area contributed by atoms with E-state index in [9.17, 15) is 9.59 Å². The van der Waals surface area contributed by atoms with Gasteiger partial charge >= 0.3 is 6.03 Å². The Hall–Kier alpha value is -2.28. The van der Waals surface area contributed by atoms with Crippen LogP contribution in [-0.2, 0) is 4.79 Å². The third kappa shape index (κ3) is 3.73. The van der Waals surface area contributed by atoms with Crippen molar-refractivity contribution in [2.45, 2.75) is 6.92 Å². The van der Waals surface area contributed by atoms with Crippen molar-refractivity contribution >= 4 is 33.9 Å². The van der Waals surface area contributed by atoms with Crippen molar-refractivity contribution in [2.75, 3.05) is 20.3 Å². The Bertz CT molecular complexity index is 685. The number of nitrogens with zero attached hydrogens (tertiary/aromatic N) is 1. The normalized spacial score (nSPS) is 15.8. The van der Waals surface area contributed by atoms with Crippen molar-refractivity contribution in [1.29, 1.82) is 0 Å². The molecule has 1 aliphatic rings. The number of likely N-dealkylation sites (N-methyl/N-ethyl adjacent to an activating group) is 1. The smallest absolute Gasteiger partial charge is 0.328 e. The lowest BCUT2D eigenvalue weighted by Gasteiger charge is -2.13. The van der Waals surface area contributed by atoms with Crippen LogP contribution in [0.2, 0.25) is 0 Å². The minimum absolute atomic E-state index is 0.209. The van der Waals surface area contributed by atoms with E-state index in [1.54, 1.807) is 24.3 Å². The molecule has 1 N–H and O–H groups in total. The van der Waals surface area contributed by atoms with Crippen molar-refractivity contribution in [3.63, 3.8) is 0 Å². The lowest BCUT2D eigenvalue weighted by Crippen LogP contribution is -2.25. The molecule has 23 heavy (non-hydrogen) atoms. The minimum Gasteiger partial charge on any atom is -0.490 e. The Morgan fingerprint density at radius 2 is 2.00 bits per heavy atom. The summed E-state index contributed by atoms with van der Waals surface area (Å²) in [4.78, 5) is 24.5. The average Bonchev–Trinajstić information content (AvgIpc) is 2.76. The van der Waals surface area contributed by atoms with Crippen molar-refractivity contribution in [2.24, 2.45) is 0 Å². The van der Waals surface area contributed by atoms with Crippen LogP contribution in [0.3, 0.4) is 0 Å². The Morgan fingerprint density at radius 1 is 1.30 bits per heavy atom. The second kappa shape index (κ2) is 7.32. The molecule has 1 aromatic carbocycles. The number of hydrogen-bond donors (Lipinski definition) is 1. The first-order valence-corrected chi connectivity index (χ1v) is 7.78. The standard InChI is InChI=1S/C16H17BrN2O4/c1-4-6-23-14-9-11(17)10(8-13(14)22-5-2)7-12-15(20)19(3)16(21)18-12/h4,7-9H,1,5-6H2,2-3H3,(H,18,21)/b12-7+. The lowest BCUT2D eigenvalue weighted by atomic mass is 10.1. The van der Waals surface area contributed by atoms with Gasteiger partial charge in [0.1, 0.15) is 12.3 Å². The summed E-state index contributed by atoms with van der Waals surface area (Å²) < 4.78 is 11.8. The fourth-order valence-corrected chi connectivity index (χ4v) is 2.41. The van der Waals surface area contributed by atoms with Gasteiger partial charge in [0.25, 0.3) is 5.91 Å². The van der Waals surface area contributed by atoms with E-state index in [4.69, 9.17) is 9.47 Å². The molecule has 7 heteroatoms. The molecule has 122 valence electrons. The monoisotopic (exact) mass is 380 g/mol. The summed E-state index contributed by atoms with van der Waals surface area (Å²) in [6, 6.07) is 3.05. The van der Waals surface area contributed by atoms with Crippen molar-refractivity contribution in [3.8, 4) is 11.5 Å². The number of rotatable bonds is 6. The van der Waals surface area contributed by atoms with E-state index in [2.05, 4.69) is 27.8 Å². The van der Waals surface area contributed by atoms with Gasteiger partial charge in [0, 0.05) is 11.5 Å². The van der Waals surface area contributed by atoms with Crippen molar-refractivity contribution < 1.29 is 19.1 Å². The molecule has 1 fully saturated rings. The summed E-state index contributed by atoms with van der Waals surface area (Å²) in [5, 5.41) is 2.52. The molecule has 0 bridgehead atoms. The van der Waals surface area contributed by atoms with Gasteiger partial charge in [-0.1, -0.05) is 28.6 Å². The van der Waals surface area contributed by atoms with Gasteiger partial charge in [-0.25, -0.2) is 4.79 Å². The molecule has 2 rings (SSSR count). The summed E-state index contributed by atoms with van der Waals surface area (Å²) in [5.41, 5.74) is 0.902. The maximum atomic E-state index is 11.9. The average molecular weight is 381 g/mol. The van der Waals surface area contributed by atoms with Crippen LogP contribution < -0.4 is 14.8 Å². The third-order valence-electron chi connectivity index (χ3n) is 3.10. The van der Waals surface area contributed by atoms with Gasteiger partial charge in [0.15, 0.2) is 11.5 Å². The molecular weight excluding hydrogens is 364 g/mol. The number of imide groups is 1. The molecule has 6 nitrogen and oxygen atoms in total. The molecule has 1 heterocycles. The van der Waals surface area contributed by atoms with Crippen molar-refractivity contribution in [1.82, 2.24) is 10.2 Å². The van der Waals surface area contributed by atoms with Gasteiger partial charge in [0.2, 0.25) is 0 Å². The first-order chi connectivity index (χ1) is 11.0. The molecule has 0 spiro atoms. The molecular formula is C16H17BrN2O4. The van der Waals surface area contributed by atoms with E-state index in [0.717, 1.165) is 4.90 Å². The van der Waals surface area contributed by atoms with Crippen LogP contribution in [-0.4, -0.2) is 37.1 Å². The Balaban J connectivity index is 2.39. The summed E-state index contributed by atoms with van der Waals surface area (Å²) in [5.74, 6) is 0.737. The quantitative estimate of drug-likeness (QED) is 0.468. The van der Waals surface area contributed by atoms with E-state index in [-0.39, 0.29) is 11.6 Å². The van der Waals surface area contributed by atoms with E-state index >= 15 is 0 Å². The number of urea groups is 1. The number of nitrogens with one attached hydrogen (secondary N) is 1. The number of carbonyl (C=O) groups excluding carboxylic acids is 2. The van der Waals surface area contributed by atoms with E-state index in [1.807, 2.05) is 6.92 Å². The summed E-state index contributed by atoms with van der Waals surface area (Å²) >= 11 is 3.44. The van der Waals surface area contributed by atoms with Crippen LogP contribution in [0.1, 0.15) is 12.5 Å². The highest BCUT2D eigenvalue weighted by atomic mass is 79.9. The van der Waals surface area contributed by atoms with E-state index in [1.165, 1.54) is 7.05 Å². The molecule has 1 saturated heterocycles. The van der Waals surface area contributed by atoms with Crippen LogP contribution in [0.25, 0.3) is 6.08 Å². The van der Waals surface area contributed by atoms with Gasteiger partial charge in [-0.15, -0.1) is 0 Å². The largest absolute Gasteiger partial charge is 0.490 e. The fourth-order valence-electron chi connectivity index (χ4n) is 1.97. The molecule has 0 aliphatic carbocycles. The molecule has 0 radical (unpaired) electrons. The second-order valence-corrected chi connectivity index (χ2v) is 5.56. The van der Waals surface area contributed by atoms with Crippen LogP contribution in [0.15, 0.2) is 35.0 Å². The highest BCUT2D eigenvalue weighted by Crippen LogP contribution is 2.35. The number of benzene rings is 1. The number of amides is 3. The first-order valence-electron chi connectivity index (χ1n) is 6.98. The van der Waals surface area contributed by atoms with Gasteiger partial charge in [0.05, 0.1) is 6.61 Å². The number of ether oxygens (including phenoxy) is 2. The maximum absolute atomic E-state index is 11.9. The van der Waals surface area contributed by atoms with E-state index in [0.29, 0.717) is 34.7 Å². The SMILES string of the molecule is C=CCOc1cc(Br)c(/C=C2/NC(=O)N(C)C2=O)cc1OCC. The maximum Gasteiger partial charge on any atom is 0.328 e. The Morgan fingerprint density at radius 3 is 2.57 bits per heavy atom. The second-order valence-electron chi connectivity index (χ2n) is 4.71. The number of carbonyl (C=O) groups is 2. The van der Waals surface area contributed by atoms with Gasteiger partial charge in [-0.3, -0.25) is 9.69 Å². The number of halogens is 1. The summed E-state index contributed by atoms with van der Waals surface area (Å²) in [6.45, 7) is 6.31. The molecule has 0 aromatic heterocycles. The lowest BCUT2D eigenvalue weighted by molar-refractivity contribution is -0.121.